The zero-order valence-electron chi connectivity index (χ0n) is 20.4. The summed E-state index contributed by atoms with van der Waals surface area (Å²) in [5.74, 6) is -0.0992. The lowest BCUT2D eigenvalue weighted by molar-refractivity contribution is -0.0533. The Hall–Kier alpha value is -1.97. The molecule has 35 heavy (non-hydrogen) atoms. The largest absolute Gasteiger partial charge is 0.467 e. The molecule has 1 aromatic heterocycles. The van der Waals surface area contributed by atoms with Crippen molar-refractivity contribution in [2.45, 2.75) is 50.8 Å². The van der Waals surface area contributed by atoms with Crippen LogP contribution in [0.1, 0.15) is 46.6 Å². The summed E-state index contributed by atoms with van der Waals surface area (Å²) < 4.78 is 16.4. The van der Waals surface area contributed by atoms with Gasteiger partial charge < -0.3 is 24.4 Å². The molecule has 1 aromatic carbocycles. The molecule has 0 radical (unpaired) electrons. The first-order valence-corrected chi connectivity index (χ1v) is 12.7. The molecule has 0 saturated carbocycles. The maximum absolute atomic E-state index is 13.5. The second kappa shape index (κ2) is 11.8. The second-order valence-corrected chi connectivity index (χ2v) is 9.85. The van der Waals surface area contributed by atoms with Gasteiger partial charge in [-0.3, -0.25) is 4.79 Å². The van der Waals surface area contributed by atoms with Crippen molar-refractivity contribution in [3.05, 3.63) is 50.8 Å². The van der Waals surface area contributed by atoms with Gasteiger partial charge in [0.2, 0.25) is 0 Å². The van der Waals surface area contributed by atoms with Crippen LogP contribution in [0.25, 0.3) is 0 Å². The molecule has 2 saturated heterocycles. The number of piperidine rings is 1. The van der Waals surface area contributed by atoms with Crippen molar-refractivity contribution >= 4 is 29.1 Å². The summed E-state index contributed by atoms with van der Waals surface area (Å²) in [6.07, 6.45) is 3.22. The minimum absolute atomic E-state index is 0.0634. The van der Waals surface area contributed by atoms with Crippen molar-refractivity contribution in [1.29, 1.82) is 0 Å². The minimum atomic E-state index is -0.0992. The first-order valence-electron chi connectivity index (χ1n) is 11.9. The molecule has 0 spiro atoms. The van der Waals surface area contributed by atoms with E-state index in [-0.39, 0.29) is 24.1 Å². The highest BCUT2D eigenvalue weighted by Crippen LogP contribution is 2.26. The van der Waals surface area contributed by atoms with Gasteiger partial charge >= 0.3 is 6.01 Å². The van der Waals surface area contributed by atoms with E-state index >= 15 is 0 Å². The molecule has 2 aliphatic rings. The van der Waals surface area contributed by atoms with Crippen molar-refractivity contribution in [3.63, 3.8) is 0 Å². The number of hydrogen-bond acceptors (Lipinski definition) is 7. The Labute approximate surface area is 216 Å². The van der Waals surface area contributed by atoms with Gasteiger partial charge in [0.05, 0.1) is 35.6 Å². The normalized spacial score (nSPS) is 21.2. The van der Waals surface area contributed by atoms with Crippen molar-refractivity contribution in [1.82, 2.24) is 20.2 Å². The lowest BCUT2D eigenvalue weighted by Crippen LogP contribution is -2.54. The van der Waals surface area contributed by atoms with Gasteiger partial charge in [-0.25, -0.2) is 0 Å². The molecular formula is C25H32Cl2N4O4. The zero-order chi connectivity index (χ0) is 24.9. The number of likely N-dealkylation sites (tertiary alicyclic amines) is 1. The number of carbonyl (C=O) groups excluding carboxylic acids is 1. The third-order valence-corrected chi connectivity index (χ3v) is 7.54. The molecule has 0 bridgehead atoms. The monoisotopic (exact) mass is 522 g/mol. The number of amides is 1. The highest BCUT2D eigenvalue weighted by molar-refractivity contribution is 6.42. The standard InChI is InChI=1S/C25H32Cl2N4O4/c1-15-21(13-16-4-5-18(26)19(27)12-16)29-25(34-3)30-23(15)24(32)31-9-6-17(7-10-31)28-20-8-11-35-14-22(20)33-2/h4-5,12,17,20,22,28H,6-11,13-14H2,1-3H3/t20-,22+/m1/s1. The molecular weight excluding hydrogens is 491 g/mol. The first-order chi connectivity index (χ1) is 16.9. The number of carbonyl (C=O) groups is 1. The van der Waals surface area contributed by atoms with E-state index in [1.54, 1.807) is 13.2 Å². The average Bonchev–Trinajstić information content (AvgIpc) is 2.88. The molecule has 2 aromatic rings. The number of nitrogens with zero attached hydrogens (tertiary/aromatic N) is 3. The van der Waals surface area contributed by atoms with Crippen LogP contribution in [0, 0.1) is 6.92 Å². The average molecular weight is 523 g/mol. The summed E-state index contributed by atoms with van der Waals surface area (Å²) >= 11 is 12.2. The van der Waals surface area contributed by atoms with E-state index in [4.69, 9.17) is 37.4 Å². The van der Waals surface area contributed by atoms with Crippen LogP contribution in [0.15, 0.2) is 18.2 Å². The van der Waals surface area contributed by atoms with Gasteiger partial charge in [0.1, 0.15) is 5.69 Å². The summed E-state index contributed by atoms with van der Waals surface area (Å²) in [5.41, 5.74) is 2.78. The first kappa shape index (κ1) is 26.1. The van der Waals surface area contributed by atoms with Crippen LogP contribution < -0.4 is 10.1 Å². The fraction of sp³-hybridized carbons (Fsp3) is 0.560. The zero-order valence-corrected chi connectivity index (χ0v) is 21.9. The van der Waals surface area contributed by atoms with Gasteiger partial charge in [-0.15, -0.1) is 0 Å². The summed E-state index contributed by atoms with van der Waals surface area (Å²) in [6, 6.07) is 6.25. The Bertz CT molecular complexity index is 1050. The van der Waals surface area contributed by atoms with E-state index in [1.807, 2.05) is 24.0 Å². The number of ether oxygens (including phenoxy) is 3. The molecule has 4 rings (SSSR count). The maximum atomic E-state index is 13.5. The molecule has 10 heteroatoms. The third-order valence-electron chi connectivity index (χ3n) is 6.81. The van der Waals surface area contributed by atoms with Gasteiger partial charge in [0.15, 0.2) is 0 Å². The number of methoxy groups -OCH3 is 2. The Morgan fingerprint density at radius 2 is 1.94 bits per heavy atom. The van der Waals surface area contributed by atoms with Crippen LogP contribution in [0.3, 0.4) is 0 Å². The van der Waals surface area contributed by atoms with E-state index in [1.165, 1.54) is 7.11 Å². The number of aromatic nitrogens is 2. The maximum Gasteiger partial charge on any atom is 0.317 e. The van der Waals surface area contributed by atoms with Gasteiger partial charge in [0, 0.05) is 50.9 Å². The van der Waals surface area contributed by atoms with E-state index in [9.17, 15) is 4.79 Å². The van der Waals surface area contributed by atoms with Crippen LogP contribution in [-0.2, 0) is 15.9 Å². The molecule has 8 nitrogen and oxygen atoms in total. The van der Waals surface area contributed by atoms with Crippen molar-refractivity contribution < 1.29 is 19.0 Å². The molecule has 190 valence electrons. The van der Waals surface area contributed by atoms with E-state index < -0.39 is 0 Å². The Kier molecular flexibility index (Phi) is 8.83. The summed E-state index contributed by atoms with van der Waals surface area (Å²) in [6.45, 7) is 4.56. The van der Waals surface area contributed by atoms with Crippen LogP contribution in [0.2, 0.25) is 10.0 Å². The second-order valence-electron chi connectivity index (χ2n) is 9.03. The van der Waals surface area contributed by atoms with Crippen LogP contribution in [-0.4, -0.2) is 79.5 Å². The fourth-order valence-corrected chi connectivity index (χ4v) is 5.01. The summed E-state index contributed by atoms with van der Waals surface area (Å²) in [4.78, 5) is 24.3. The van der Waals surface area contributed by atoms with E-state index in [0.29, 0.717) is 47.9 Å². The van der Waals surface area contributed by atoms with Gasteiger partial charge in [-0.2, -0.15) is 9.97 Å². The number of benzene rings is 1. The van der Waals surface area contributed by atoms with Crippen molar-refractivity contribution in [3.8, 4) is 6.01 Å². The molecule has 3 heterocycles. The summed E-state index contributed by atoms with van der Waals surface area (Å²) in [5, 5.41) is 4.70. The van der Waals surface area contributed by atoms with E-state index in [2.05, 4.69) is 15.3 Å². The Balaban J connectivity index is 1.44. The van der Waals surface area contributed by atoms with E-state index in [0.717, 1.165) is 42.7 Å². The van der Waals surface area contributed by atoms with Gasteiger partial charge in [-0.05, 0) is 43.9 Å². The third kappa shape index (κ3) is 6.24. The van der Waals surface area contributed by atoms with Crippen LogP contribution >= 0.6 is 23.2 Å². The molecule has 2 fully saturated rings. The minimum Gasteiger partial charge on any atom is -0.467 e. The predicted molar refractivity (Wildman–Crippen MR) is 135 cm³/mol. The Morgan fingerprint density at radius 3 is 2.63 bits per heavy atom. The van der Waals surface area contributed by atoms with Gasteiger partial charge in [0.25, 0.3) is 5.91 Å². The van der Waals surface area contributed by atoms with Crippen molar-refractivity contribution in [2.75, 3.05) is 40.5 Å². The van der Waals surface area contributed by atoms with Crippen LogP contribution in [0.5, 0.6) is 6.01 Å². The lowest BCUT2D eigenvalue weighted by Gasteiger charge is -2.38. The number of halogens is 2. The summed E-state index contributed by atoms with van der Waals surface area (Å²) in [7, 11) is 3.23. The smallest absolute Gasteiger partial charge is 0.317 e. The lowest BCUT2D eigenvalue weighted by atomic mass is 9.99. The number of rotatable bonds is 7. The number of nitrogens with one attached hydrogen (secondary N) is 1. The molecule has 0 unspecified atom stereocenters. The Morgan fingerprint density at radius 1 is 1.17 bits per heavy atom. The molecule has 1 amide bonds. The SMILES string of the molecule is COc1nc(Cc2ccc(Cl)c(Cl)c2)c(C)c(C(=O)N2CCC(N[C@@H]3CCOC[C@@H]3OC)CC2)n1. The molecule has 2 atom stereocenters. The molecule has 0 aliphatic carbocycles. The molecule has 2 aliphatic heterocycles. The topological polar surface area (TPSA) is 85.8 Å². The molecule has 1 N–H and O–H groups in total. The van der Waals surface area contributed by atoms with Crippen LogP contribution in [0.4, 0.5) is 0 Å². The number of hydrogen-bond donors (Lipinski definition) is 1. The highest BCUT2D eigenvalue weighted by atomic mass is 35.5. The van der Waals surface area contributed by atoms with Gasteiger partial charge in [-0.1, -0.05) is 29.3 Å². The quantitative estimate of drug-likeness (QED) is 0.593. The predicted octanol–water partition coefficient (Wildman–Crippen LogP) is 3.69. The van der Waals surface area contributed by atoms with Crippen molar-refractivity contribution in [2.24, 2.45) is 0 Å². The fourth-order valence-electron chi connectivity index (χ4n) is 4.69. The highest BCUT2D eigenvalue weighted by Gasteiger charge is 2.31.